The molecule has 0 saturated carbocycles. The minimum absolute atomic E-state index is 0.00707. The summed E-state index contributed by atoms with van der Waals surface area (Å²) >= 11 is 1.47. The molecule has 214 valence electrons. The number of hydrogen-bond acceptors (Lipinski definition) is 7. The molecular weight excluding hydrogens is 524 g/mol. The number of para-hydroxylation sites is 1. The Balaban J connectivity index is 2.29. The summed E-state index contributed by atoms with van der Waals surface area (Å²) in [5.74, 6) is -3.54. The zero-order valence-corrected chi connectivity index (χ0v) is 23.2. The lowest BCUT2D eigenvalue weighted by Gasteiger charge is -2.26. The van der Waals surface area contributed by atoms with E-state index < -0.39 is 53.8 Å². The molecular formula is C26H38N6O6S. The highest BCUT2D eigenvalue weighted by Gasteiger charge is 2.31. The number of carbonyl (C=O) groups is 5. The Kier molecular flexibility index (Phi) is 12.3. The first kappa shape index (κ1) is 31.6. The number of fused-ring (bicyclic) bond motifs is 1. The topological polar surface area (TPSA) is 209 Å². The quantitative estimate of drug-likeness (QED) is 0.150. The molecule has 1 heterocycles. The van der Waals surface area contributed by atoms with Crippen LogP contribution in [-0.4, -0.2) is 75.9 Å². The maximum Gasteiger partial charge on any atom is 0.326 e. The van der Waals surface area contributed by atoms with Crippen LogP contribution < -0.4 is 27.4 Å². The van der Waals surface area contributed by atoms with Gasteiger partial charge in [-0.1, -0.05) is 32.0 Å². The second-order valence-corrected chi connectivity index (χ2v) is 10.6. The summed E-state index contributed by atoms with van der Waals surface area (Å²) in [4.78, 5) is 65.2. The highest BCUT2D eigenvalue weighted by molar-refractivity contribution is 7.98. The minimum atomic E-state index is -1.18. The average molecular weight is 563 g/mol. The third-order valence-electron chi connectivity index (χ3n) is 6.24. The van der Waals surface area contributed by atoms with Gasteiger partial charge in [-0.3, -0.25) is 19.2 Å². The molecule has 0 aliphatic heterocycles. The molecule has 0 radical (unpaired) electrons. The van der Waals surface area contributed by atoms with Gasteiger partial charge in [-0.25, -0.2) is 4.79 Å². The fourth-order valence-corrected chi connectivity index (χ4v) is 4.45. The summed E-state index contributed by atoms with van der Waals surface area (Å²) in [6.45, 7) is 3.34. The number of nitrogens with one attached hydrogen (secondary N) is 4. The molecule has 0 fully saturated rings. The lowest BCUT2D eigenvalue weighted by Crippen LogP contribution is -2.58. The third kappa shape index (κ3) is 9.59. The Morgan fingerprint density at radius 2 is 1.62 bits per heavy atom. The van der Waals surface area contributed by atoms with E-state index in [1.54, 1.807) is 20.0 Å². The second-order valence-electron chi connectivity index (χ2n) is 9.65. The number of carbonyl (C=O) groups excluding carboxylic acids is 4. The van der Waals surface area contributed by atoms with Crippen LogP contribution in [0, 0.1) is 5.92 Å². The number of rotatable bonds is 16. The van der Waals surface area contributed by atoms with Crippen LogP contribution in [0.5, 0.6) is 0 Å². The van der Waals surface area contributed by atoms with E-state index >= 15 is 0 Å². The predicted molar refractivity (Wildman–Crippen MR) is 150 cm³/mol. The zero-order chi connectivity index (χ0) is 29.1. The molecule has 13 heteroatoms. The van der Waals surface area contributed by atoms with Crippen molar-refractivity contribution in [1.29, 1.82) is 0 Å². The molecule has 12 nitrogen and oxygen atoms in total. The van der Waals surface area contributed by atoms with Crippen LogP contribution in [0.15, 0.2) is 30.5 Å². The summed E-state index contributed by atoms with van der Waals surface area (Å²) < 4.78 is 0. The van der Waals surface area contributed by atoms with E-state index in [1.807, 2.05) is 30.5 Å². The second kappa shape index (κ2) is 15.1. The largest absolute Gasteiger partial charge is 0.480 e. The summed E-state index contributed by atoms with van der Waals surface area (Å²) in [6.07, 6.45) is 3.83. The molecule has 4 unspecified atom stereocenters. The van der Waals surface area contributed by atoms with Gasteiger partial charge in [0, 0.05) is 29.9 Å². The smallest absolute Gasteiger partial charge is 0.326 e. The summed E-state index contributed by atoms with van der Waals surface area (Å²) in [6, 6.07) is 3.13. The first-order chi connectivity index (χ1) is 18.4. The van der Waals surface area contributed by atoms with Crippen LogP contribution in [0.2, 0.25) is 0 Å². The third-order valence-corrected chi connectivity index (χ3v) is 6.89. The summed E-state index contributed by atoms with van der Waals surface area (Å²) in [5.41, 5.74) is 12.7. The fourth-order valence-electron chi connectivity index (χ4n) is 3.98. The predicted octanol–water partition coefficient (Wildman–Crippen LogP) is 0.251. The van der Waals surface area contributed by atoms with Gasteiger partial charge in [0.25, 0.3) is 0 Å². The standard InChI is InChI=1S/C26H38N6O6S/c1-14(2)22(26(37)38)32-24(35)19(10-11-39-3)30-25(36)20(31-23(34)17(27)8-9-21(28)33)12-15-13-29-18-7-5-4-6-16(15)18/h4-7,13-14,17,19-20,22,29H,8-12,27H2,1-3H3,(H2,28,33)(H,30,36)(H,31,34)(H,32,35)(H,37,38). The molecule has 1 aromatic heterocycles. The van der Waals surface area contributed by atoms with E-state index in [0.717, 1.165) is 16.5 Å². The van der Waals surface area contributed by atoms with Crippen molar-refractivity contribution in [3.63, 3.8) is 0 Å². The van der Waals surface area contributed by atoms with Crippen molar-refractivity contribution in [3.05, 3.63) is 36.0 Å². The number of aromatic amines is 1. The van der Waals surface area contributed by atoms with Gasteiger partial charge in [0.05, 0.1) is 6.04 Å². The Bertz CT molecular complexity index is 1170. The number of carboxylic acid groups (broad SMARTS) is 1. The highest BCUT2D eigenvalue weighted by Crippen LogP contribution is 2.19. The van der Waals surface area contributed by atoms with Gasteiger partial charge in [-0.05, 0) is 42.4 Å². The number of carboxylic acids is 1. The number of hydrogen-bond donors (Lipinski definition) is 7. The highest BCUT2D eigenvalue weighted by atomic mass is 32.2. The first-order valence-corrected chi connectivity index (χ1v) is 14.1. The molecule has 0 saturated heterocycles. The van der Waals surface area contributed by atoms with Gasteiger partial charge < -0.3 is 37.5 Å². The van der Waals surface area contributed by atoms with Gasteiger partial charge in [-0.15, -0.1) is 0 Å². The van der Waals surface area contributed by atoms with E-state index in [4.69, 9.17) is 11.5 Å². The average Bonchev–Trinajstić information content (AvgIpc) is 3.29. The molecule has 39 heavy (non-hydrogen) atoms. The fraction of sp³-hybridized carbons (Fsp3) is 0.500. The van der Waals surface area contributed by atoms with Crippen molar-refractivity contribution < 1.29 is 29.1 Å². The number of thioether (sulfide) groups is 1. The monoisotopic (exact) mass is 562 g/mol. The van der Waals surface area contributed by atoms with Gasteiger partial charge in [0.1, 0.15) is 18.1 Å². The molecule has 0 spiro atoms. The number of amides is 4. The Labute approximate surface area is 231 Å². The molecule has 0 aliphatic rings. The van der Waals surface area contributed by atoms with E-state index in [9.17, 15) is 29.1 Å². The van der Waals surface area contributed by atoms with E-state index in [2.05, 4.69) is 20.9 Å². The molecule has 4 amide bonds. The number of nitrogens with two attached hydrogens (primary N) is 2. The number of aromatic nitrogens is 1. The van der Waals surface area contributed by atoms with E-state index in [1.165, 1.54) is 11.8 Å². The number of benzene rings is 1. The zero-order valence-electron chi connectivity index (χ0n) is 22.4. The summed E-state index contributed by atoms with van der Waals surface area (Å²) in [5, 5.41) is 18.2. The Morgan fingerprint density at radius 1 is 0.974 bits per heavy atom. The van der Waals surface area contributed by atoms with Gasteiger partial charge in [0.2, 0.25) is 23.6 Å². The molecule has 0 bridgehead atoms. The van der Waals surface area contributed by atoms with E-state index in [0.29, 0.717) is 5.75 Å². The van der Waals surface area contributed by atoms with Crippen molar-refractivity contribution in [2.45, 2.75) is 63.7 Å². The maximum atomic E-state index is 13.5. The maximum absolute atomic E-state index is 13.5. The number of H-pyrrole nitrogens is 1. The lowest BCUT2D eigenvalue weighted by atomic mass is 10.0. The van der Waals surface area contributed by atoms with Crippen LogP contribution in [0.3, 0.4) is 0 Å². The number of primary amides is 1. The van der Waals surface area contributed by atoms with Crippen molar-refractivity contribution in [1.82, 2.24) is 20.9 Å². The van der Waals surface area contributed by atoms with Gasteiger partial charge in [-0.2, -0.15) is 11.8 Å². The van der Waals surface area contributed by atoms with Crippen molar-refractivity contribution in [2.24, 2.45) is 17.4 Å². The SMILES string of the molecule is CSCCC(NC(=O)C(Cc1c[nH]c2ccccc12)NC(=O)C(N)CCC(N)=O)C(=O)NC(C(=O)O)C(C)C. The van der Waals surface area contributed by atoms with Crippen LogP contribution in [0.4, 0.5) is 0 Å². The normalized spacial score (nSPS) is 14.3. The summed E-state index contributed by atoms with van der Waals surface area (Å²) in [7, 11) is 0. The van der Waals surface area contributed by atoms with Gasteiger partial charge >= 0.3 is 5.97 Å². The van der Waals surface area contributed by atoms with Crippen LogP contribution in [0.1, 0.15) is 38.7 Å². The van der Waals surface area contributed by atoms with Crippen molar-refractivity contribution >= 4 is 52.3 Å². The van der Waals surface area contributed by atoms with Crippen LogP contribution in [0.25, 0.3) is 10.9 Å². The molecule has 1 aromatic carbocycles. The Morgan fingerprint density at radius 3 is 2.23 bits per heavy atom. The van der Waals surface area contributed by atoms with E-state index in [-0.39, 0.29) is 31.6 Å². The Hall–Kier alpha value is -3.58. The van der Waals surface area contributed by atoms with Crippen molar-refractivity contribution in [2.75, 3.05) is 12.0 Å². The molecule has 2 aromatic rings. The van der Waals surface area contributed by atoms with Crippen molar-refractivity contribution in [3.8, 4) is 0 Å². The minimum Gasteiger partial charge on any atom is -0.480 e. The first-order valence-electron chi connectivity index (χ1n) is 12.7. The van der Waals surface area contributed by atoms with Crippen LogP contribution >= 0.6 is 11.8 Å². The molecule has 4 atom stereocenters. The molecule has 2 rings (SSSR count). The molecule has 9 N–H and O–H groups in total. The lowest BCUT2D eigenvalue weighted by molar-refractivity contribution is -0.143. The van der Waals surface area contributed by atoms with Gasteiger partial charge in [0.15, 0.2) is 0 Å². The molecule has 0 aliphatic carbocycles. The van der Waals surface area contributed by atoms with Crippen LogP contribution in [-0.2, 0) is 30.4 Å². The number of aliphatic carboxylic acids is 1.